The van der Waals surface area contributed by atoms with Crippen molar-refractivity contribution in [2.45, 2.75) is 102 Å². The summed E-state index contributed by atoms with van der Waals surface area (Å²) in [5, 5.41) is 25.6. The van der Waals surface area contributed by atoms with Gasteiger partial charge in [0, 0.05) is 0 Å². The number of nitrogens with zero attached hydrogens (tertiary/aromatic N) is 10. The molecule has 4 heterocycles. The number of hydrogen-bond donors (Lipinski definition) is 0. The smallest absolute Gasteiger partial charge is 0.169 e. The Kier molecular flexibility index (Phi) is 8.58. The van der Waals surface area contributed by atoms with E-state index in [9.17, 15) is 0 Å². The number of benzene rings is 4. The first-order valence-electron chi connectivity index (χ1n) is 19.6. The van der Waals surface area contributed by atoms with Gasteiger partial charge in [0.1, 0.15) is 0 Å². The molecule has 2 saturated heterocycles. The van der Waals surface area contributed by atoms with Gasteiger partial charge in [-0.3, -0.25) is 9.80 Å². The molecule has 10 rings (SSSR count). The van der Waals surface area contributed by atoms with Crippen LogP contribution in [0.3, 0.4) is 0 Å². The van der Waals surface area contributed by atoms with Crippen molar-refractivity contribution in [3.8, 4) is 22.3 Å². The van der Waals surface area contributed by atoms with Crippen LogP contribution in [0.1, 0.15) is 125 Å². The van der Waals surface area contributed by atoms with Crippen LogP contribution in [0.4, 0.5) is 0 Å². The second-order valence-electron chi connectivity index (χ2n) is 17.2. The van der Waals surface area contributed by atoms with E-state index in [0.29, 0.717) is 0 Å². The monoisotopic (exact) mass is 718 g/mol. The highest BCUT2D eigenvalue weighted by molar-refractivity contribution is 5.79. The average molecular weight is 719 g/mol. The Balaban J connectivity index is 0.000000142. The molecule has 4 aromatic carbocycles. The predicted molar refractivity (Wildman–Crippen MR) is 210 cm³/mol. The average Bonchev–Trinajstić information content (AvgIpc) is 4.01. The van der Waals surface area contributed by atoms with Crippen molar-refractivity contribution in [3.05, 3.63) is 131 Å². The minimum Gasteiger partial charge on any atom is -0.282 e. The Labute approximate surface area is 318 Å². The van der Waals surface area contributed by atoms with E-state index < -0.39 is 0 Å². The Hall–Kier alpha value is -5.06. The molecule has 2 aliphatic carbocycles. The highest BCUT2D eigenvalue weighted by Gasteiger charge is 2.43. The molecule has 0 spiro atoms. The summed E-state index contributed by atoms with van der Waals surface area (Å²) in [7, 11) is 0. The van der Waals surface area contributed by atoms with Gasteiger partial charge in [-0.15, -0.1) is 10.2 Å². The number of hydrogen-bond acceptors (Lipinski definition) is 8. The van der Waals surface area contributed by atoms with E-state index in [1.54, 1.807) is 0 Å². The molecule has 54 heavy (non-hydrogen) atoms. The van der Waals surface area contributed by atoms with Crippen molar-refractivity contribution in [1.82, 2.24) is 50.2 Å². The van der Waals surface area contributed by atoms with Crippen LogP contribution >= 0.6 is 0 Å². The van der Waals surface area contributed by atoms with Crippen LogP contribution in [0.5, 0.6) is 0 Å². The first kappa shape index (κ1) is 34.7. The largest absolute Gasteiger partial charge is 0.282 e. The van der Waals surface area contributed by atoms with Crippen LogP contribution in [0, 0.1) is 0 Å². The molecule has 2 atom stereocenters. The van der Waals surface area contributed by atoms with Crippen molar-refractivity contribution < 1.29 is 0 Å². The van der Waals surface area contributed by atoms with E-state index in [4.69, 9.17) is 0 Å². The van der Waals surface area contributed by atoms with Gasteiger partial charge in [0.25, 0.3) is 0 Å². The molecular formula is C44H50N10. The summed E-state index contributed by atoms with van der Waals surface area (Å²) in [5.41, 5.74) is 10.8. The summed E-state index contributed by atoms with van der Waals surface area (Å²) in [5.74, 6) is 1.98. The second kappa shape index (κ2) is 13.4. The van der Waals surface area contributed by atoms with Crippen molar-refractivity contribution in [2.75, 3.05) is 13.1 Å². The van der Waals surface area contributed by atoms with Gasteiger partial charge in [0.05, 0.1) is 35.2 Å². The normalized spacial score (nSPS) is 20.0. The lowest BCUT2D eigenvalue weighted by Crippen LogP contribution is -2.33. The van der Waals surface area contributed by atoms with E-state index in [0.717, 1.165) is 37.6 Å². The third-order valence-corrected chi connectivity index (χ3v) is 11.7. The molecule has 276 valence electrons. The fraction of sp³-hybridized carbons (Fsp3) is 0.409. The molecule has 0 bridgehead atoms. The summed E-state index contributed by atoms with van der Waals surface area (Å²) in [6, 6.07) is 36.3. The molecule has 0 radical (unpaired) electrons. The first-order valence-corrected chi connectivity index (χ1v) is 19.6. The van der Waals surface area contributed by atoms with Crippen molar-refractivity contribution in [2.24, 2.45) is 0 Å². The van der Waals surface area contributed by atoms with Gasteiger partial charge in [-0.1, -0.05) is 97.1 Å². The summed E-state index contributed by atoms with van der Waals surface area (Å²) in [6.07, 6.45) is 4.53. The van der Waals surface area contributed by atoms with Gasteiger partial charge in [-0.2, -0.15) is 0 Å². The van der Waals surface area contributed by atoms with Crippen LogP contribution in [-0.4, -0.2) is 63.3 Å². The van der Waals surface area contributed by atoms with E-state index in [-0.39, 0.29) is 35.2 Å². The highest BCUT2D eigenvalue weighted by atomic mass is 15.6. The molecule has 0 saturated carbocycles. The zero-order valence-electron chi connectivity index (χ0n) is 32.3. The second-order valence-corrected chi connectivity index (χ2v) is 17.2. The van der Waals surface area contributed by atoms with Crippen LogP contribution in [0.25, 0.3) is 22.3 Å². The maximum Gasteiger partial charge on any atom is 0.169 e. The molecule has 0 amide bonds. The van der Waals surface area contributed by atoms with E-state index >= 15 is 0 Å². The molecular weight excluding hydrogens is 669 g/mol. The predicted octanol–water partition coefficient (Wildman–Crippen LogP) is 8.67. The third-order valence-electron chi connectivity index (χ3n) is 11.7. The Morgan fingerprint density at radius 1 is 0.463 bits per heavy atom. The molecule has 6 aromatic rings. The quantitative estimate of drug-likeness (QED) is 0.179. The molecule has 10 nitrogen and oxygen atoms in total. The Morgan fingerprint density at radius 3 is 1.09 bits per heavy atom. The van der Waals surface area contributed by atoms with Crippen molar-refractivity contribution in [3.63, 3.8) is 0 Å². The lowest BCUT2D eigenvalue weighted by atomic mass is 10.0. The van der Waals surface area contributed by atoms with Crippen molar-refractivity contribution in [1.29, 1.82) is 0 Å². The molecule has 2 aromatic heterocycles. The molecule has 0 unspecified atom stereocenters. The molecule has 2 fully saturated rings. The van der Waals surface area contributed by atoms with Gasteiger partial charge >= 0.3 is 0 Å². The SMILES string of the molecule is CC(C)(C)n1nnnc1[C@@H]1CCCN1C1c2ccccc2-c2ccccc21.CC(C)(C)n1nnnc1[C@@H]1CCCN1C1c2ccccc2-c2ccccc21. The standard InChI is InChI=1S/2C22H25N5/c2*1-22(2,3)27-21(23-24-25-27)19-13-8-14-26(19)20-17-11-6-4-9-15(17)16-10-5-7-12-18(16)20/h2*4-7,9-12,19-20H,8,13-14H2,1-3H3/t2*19-/m00/s1. The van der Waals surface area contributed by atoms with Gasteiger partial charge in [0.2, 0.25) is 0 Å². The fourth-order valence-electron chi connectivity index (χ4n) is 9.48. The van der Waals surface area contributed by atoms with Gasteiger partial charge in [-0.05, 0) is 146 Å². The van der Waals surface area contributed by atoms with E-state index in [1.165, 1.54) is 57.3 Å². The first-order chi connectivity index (χ1) is 26.1. The van der Waals surface area contributed by atoms with Crippen LogP contribution in [0.2, 0.25) is 0 Å². The van der Waals surface area contributed by atoms with E-state index in [2.05, 4.69) is 179 Å². The van der Waals surface area contributed by atoms with Gasteiger partial charge in [0.15, 0.2) is 11.6 Å². The maximum absolute atomic E-state index is 4.46. The van der Waals surface area contributed by atoms with Crippen LogP contribution < -0.4 is 0 Å². The molecule has 0 N–H and O–H groups in total. The Bertz CT molecular complexity index is 2040. The number of rotatable bonds is 4. The zero-order valence-corrected chi connectivity index (χ0v) is 32.3. The molecule has 4 aliphatic rings. The van der Waals surface area contributed by atoms with Gasteiger partial charge < -0.3 is 0 Å². The molecule has 10 heteroatoms. The number of aromatic nitrogens is 8. The van der Waals surface area contributed by atoms with Crippen LogP contribution in [-0.2, 0) is 11.1 Å². The topological polar surface area (TPSA) is 93.7 Å². The summed E-state index contributed by atoms with van der Waals surface area (Å²) in [6.45, 7) is 15.1. The van der Waals surface area contributed by atoms with E-state index in [1.807, 2.05) is 9.36 Å². The number of likely N-dealkylation sites (tertiary alicyclic amines) is 2. The number of tetrazole rings is 2. The highest BCUT2D eigenvalue weighted by Crippen LogP contribution is 2.52. The molecule has 2 aliphatic heterocycles. The Morgan fingerprint density at radius 2 is 0.778 bits per heavy atom. The van der Waals surface area contributed by atoms with Gasteiger partial charge in [-0.25, -0.2) is 9.36 Å². The lowest BCUT2D eigenvalue weighted by Gasteiger charge is -2.32. The third kappa shape index (κ3) is 5.78. The summed E-state index contributed by atoms with van der Waals surface area (Å²) in [4.78, 5) is 5.22. The minimum absolute atomic E-state index is 0.126. The van der Waals surface area contributed by atoms with Crippen LogP contribution in [0.15, 0.2) is 97.1 Å². The fourth-order valence-corrected chi connectivity index (χ4v) is 9.48. The number of fused-ring (bicyclic) bond motifs is 6. The lowest BCUT2D eigenvalue weighted by molar-refractivity contribution is 0.189. The minimum atomic E-state index is -0.126. The summed E-state index contributed by atoms with van der Waals surface area (Å²) < 4.78 is 4.01. The summed E-state index contributed by atoms with van der Waals surface area (Å²) >= 11 is 0. The maximum atomic E-state index is 4.46. The zero-order chi connectivity index (χ0) is 37.2. The van der Waals surface area contributed by atoms with Crippen molar-refractivity contribution >= 4 is 0 Å².